The van der Waals surface area contributed by atoms with Crippen molar-refractivity contribution in [1.29, 1.82) is 0 Å². The van der Waals surface area contributed by atoms with Gasteiger partial charge in [0.2, 0.25) is 16.0 Å². The number of hydrogen-bond acceptors (Lipinski definition) is 4. The van der Waals surface area contributed by atoms with E-state index in [0.29, 0.717) is 0 Å². The van der Waals surface area contributed by atoms with Gasteiger partial charge in [0.1, 0.15) is 0 Å². The molecule has 0 aliphatic carbocycles. The molecule has 1 N–H and O–H groups in total. The summed E-state index contributed by atoms with van der Waals surface area (Å²) in [5.41, 5.74) is 2.46. The largest absolute Gasteiger partial charge is 0.251 e. The van der Waals surface area contributed by atoms with Gasteiger partial charge in [-0.1, -0.05) is 32.9 Å². The van der Waals surface area contributed by atoms with E-state index in [4.69, 9.17) is 0 Å². The molecule has 0 atom stereocenters. The second-order valence-electron chi connectivity index (χ2n) is 5.99. The molecule has 0 saturated heterocycles. The summed E-state index contributed by atoms with van der Waals surface area (Å²) in [6.07, 6.45) is 1.09. The molecule has 0 aliphatic rings. The van der Waals surface area contributed by atoms with Crippen LogP contribution in [0.1, 0.15) is 32.0 Å². The Balaban J connectivity index is 2.78. The first-order valence-electron chi connectivity index (χ1n) is 6.33. The molecule has 0 aliphatic heterocycles. The Bertz CT molecular complexity index is 762. The first-order chi connectivity index (χ1) is 9.08. The molecule has 0 fully saturated rings. The van der Waals surface area contributed by atoms with E-state index in [1.165, 1.54) is 0 Å². The van der Waals surface area contributed by atoms with Gasteiger partial charge in [-0.25, -0.2) is 18.4 Å². The van der Waals surface area contributed by atoms with Crippen LogP contribution < -0.4 is 4.72 Å². The monoisotopic (exact) mass is 293 g/mol. The summed E-state index contributed by atoms with van der Waals surface area (Å²) < 4.78 is 25.1. The van der Waals surface area contributed by atoms with Crippen molar-refractivity contribution in [2.45, 2.75) is 33.1 Å². The fraction of sp³-hybridized carbons (Fsp3) is 0.429. The zero-order valence-corrected chi connectivity index (χ0v) is 13.2. The first kappa shape index (κ1) is 14.7. The summed E-state index contributed by atoms with van der Waals surface area (Å²) in [4.78, 5) is 8.71. The van der Waals surface area contributed by atoms with Crippen LogP contribution in [0, 0.1) is 6.92 Å². The van der Waals surface area contributed by atoms with Crippen molar-refractivity contribution in [1.82, 2.24) is 9.97 Å². The van der Waals surface area contributed by atoms with Gasteiger partial charge in [0.15, 0.2) is 0 Å². The Kier molecular flexibility index (Phi) is 3.46. The van der Waals surface area contributed by atoms with Crippen LogP contribution in [0.3, 0.4) is 0 Å². The summed E-state index contributed by atoms with van der Waals surface area (Å²) in [5, 5.41) is 0.985. The lowest BCUT2D eigenvalue weighted by molar-refractivity contribution is 0.574. The van der Waals surface area contributed by atoms with Gasteiger partial charge in [0.25, 0.3) is 0 Å². The summed E-state index contributed by atoms with van der Waals surface area (Å²) in [6.45, 7) is 8.15. The van der Waals surface area contributed by atoms with Crippen LogP contribution in [0.25, 0.3) is 10.9 Å². The lowest BCUT2D eigenvalue weighted by atomic mass is 9.88. The highest BCUT2D eigenvalue weighted by Gasteiger charge is 2.22. The highest BCUT2D eigenvalue weighted by molar-refractivity contribution is 7.91. The van der Waals surface area contributed by atoms with E-state index in [1.54, 1.807) is 0 Å². The van der Waals surface area contributed by atoms with Crippen LogP contribution in [0.5, 0.6) is 0 Å². The lowest BCUT2D eigenvalue weighted by Gasteiger charge is -2.21. The van der Waals surface area contributed by atoms with Crippen LogP contribution >= 0.6 is 0 Å². The Hall–Kier alpha value is -1.69. The van der Waals surface area contributed by atoms with Crippen molar-refractivity contribution in [2.75, 3.05) is 11.0 Å². The highest BCUT2D eigenvalue weighted by Crippen LogP contribution is 2.30. The van der Waals surface area contributed by atoms with E-state index in [-0.39, 0.29) is 11.4 Å². The normalized spacial score (nSPS) is 12.7. The summed E-state index contributed by atoms with van der Waals surface area (Å²) in [7, 11) is -3.39. The van der Waals surface area contributed by atoms with Gasteiger partial charge in [0, 0.05) is 10.8 Å². The maximum atomic E-state index is 11.4. The number of hydrogen-bond donors (Lipinski definition) is 1. The molecule has 20 heavy (non-hydrogen) atoms. The molecule has 1 aromatic carbocycles. The topological polar surface area (TPSA) is 72.0 Å². The molecular weight excluding hydrogens is 274 g/mol. The number of nitrogens with one attached hydrogen (secondary N) is 1. The van der Waals surface area contributed by atoms with Crippen LogP contribution in [0.15, 0.2) is 18.2 Å². The van der Waals surface area contributed by atoms with Crippen LogP contribution in [-0.2, 0) is 15.4 Å². The lowest BCUT2D eigenvalue weighted by Crippen LogP contribution is -2.19. The quantitative estimate of drug-likeness (QED) is 0.923. The number of aromatic nitrogens is 2. The van der Waals surface area contributed by atoms with Gasteiger partial charge in [-0.3, -0.25) is 4.72 Å². The molecule has 2 aromatic rings. The summed E-state index contributed by atoms with van der Waals surface area (Å²) >= 11 is 0. The van der Waals surface area contributed by atoms with E-state index in [2.05, 4.69) is 14.7 Å². The second kappa shape index (κ2) is 4.70. The maximum Gasteiger partial charge on any atom is 0.237 e. The Labute approximate surface area is 119 Å². The minimum Gasteiger partial charge on any atom is -0.251 e. The third kappa shape index (κ3) is 3.07. The van der Waals surface area contributed by atoms with E-state index in [9.17, 15) is 8.42 Å². The SMILES string of the molecule is Cc1cccc2nc(NS(C)(=O)=O)nc(C(C)(C)C)c12. The number of fused-ring (bicyclic) bond motifs is 1. The standard InChI is InChI=1S/C14H19N3O2S/c1-9-7-6-8-10-11(9)12(14(2,3)4)16-13(15-10)17-20(5,18)19/h6-8H,1-5H3,(H,15,16,17). The molecule has 0 saturated carbocycles. The molecule has 1 heterocycles. The van der Waals surface area contributed by atoms with Gasteiger partial charge in [-0.2, -0.15) is 0 Å². The van der Waals surface area contributed by atoms with Gasteiger partial charge in [-0.15, -0.1) is 0 Å². The molecule has 0 radical (unpaired) electrons. The minimum absolute atomic E-state index is 0.121. The molecule has 2 rings (SSSR count). The number of nitrogens with zero attached hydrogens (tertiary/aromatic N) is 2. The van der Waals surface area contributed by atoms with E-state index < -0.39 is 10.0 Å². The Morgan fingerprint density at radius 3 is 2.35 bits per heavy atom. The smallest absolute Gasteiger partial charge is 0.237 e. The Morgan fingerprint density at radius 1 is 1.15 bits per heavy atom. The zero-order valence-electron chi connectivity index (χ0n) is 12.4. The fourth-order valence-corrected chi connectivity index (χ4v) is 2.53. The summed E-state index contributed by atoms with van der Waals surface area (Å²) in [6, 6.07) is 5.78. The Morgan fingerprint density at radius 2 is 1.80 bits per heavy atom. The number of benzene rings is 1. The average Bonchev–Trinajstić information content (AvgIpc) is 2.24. The highest BCUT2D eigenvalue weighted by atomic mass is 32.2. The molecule has 108 valence electrons. The van der Waals surface area contributed by atoms with Crippen molar-refractivity contribution < 1.29 is 8.42 Å². The van der Waals surface area contributed by atoms with E-state index in [1.807, 2.05) is 45.9 Å². The molecule has 0 unspecified atom stereocenters. The first-order valence-corrected chi connectivity index (χ1v) is 8.23. The predicted octanol–water partition coefficient (Wildman–Crippen LogP) is 2.61. The molecular formula is C14H19N3O2S. The number of anilines is 1. The molecule has 6 heteroatoms. The molecule has 0 spiro atoms. The number of sulfonamides is 1. The van der Waals surface area contributed by atoms with Crippen LogP contribution in [0.2, 0.25) is 0 Å². The minimum atomic E-state index is -3.39. The number of rotatable bonds is 2. The van der Waals surface area contributed by atoms with Crippen LogP contribution in [0.4, 0.5) is 5.95 Å². The third-order valence-electron chi connectivity index (χ3n) is 2.92. The maximum absolute atomic E-state index is 11.4. The van der Waals surface area contributed by atoms with Gasteiger partial charge in [0.05, 0.1) is 17.5 Å². The average molecular weight is 293 g/mol. The van der Waals surface area contributed by atoms with Crippen molar-refractivity contribution in [2.24, 2.45) is 0 Å². The third-order valence-corrected chi connectivity index (χ3v) is 3.47. The number of aryl methyl sites for hydroxylation is 1. The molecule has 0 bridgehead atoms. The molecule has 5 nitrogen and oxygen atoms in total. The van der Waals surface area contributed by atoms with E-state index >= 15 is 0 Å². The molecule has 0 amide bonds. The second-order valence-corrected chi connectivity index (χ2v) is 7.74. The van der Waals surface area contributed by atoms with Gasteiger partial charge < -0.3 is 0 Å². The van der Waals surface area contributed by atoms with E-state index in [0.717, 1.165) is 28.4 Å². The zero-order chi connectivity index (χ0) is 15.1. The van der Waals surface area contributed by atoms with Crippen LogP contribution in [-0.4, -0.2) is 24.6 Å². The predicted molar refractivity (Wildman–Crippen MR) is 81.4 cm³/mol. The van der Waals surface area contributed by atoms with Crippen molar-refractivity contribution in [3.8, 4) is 0 Å². The van der Waals surface area contributed by atoms with Gasteiger partial charge in [-0.05, 0) is 18.6 Å². The van der Waals surface area contributed by atoms with Gasteiger partial charge >= 0.3 is 0 Å². The fourth-order valence-electron chi connectivity index (χ4n) is 2.11. The molecule has 1 aromatic heterocycles. The van der Waals surface area contributed by atoms with Crippen molar-refractivity contribution in [3.05, 3.63) is 29.5 Å². The van der Waals surface area contributed by atoms with Crippen molar-refractivity contribution >= 4 is 26.9 Å². The summed E-state index contributed by atoms with van der Waals surface area (Å²) in [5.74, 6) is 0.121. The van der Waals surface area contributed by atoms with Crippen molar-refractivity contribution in [3.63, 3.8) is 0 Å².